The fraction of sp³-hybridized carbons (Fsp3) is 0.333. The molecule has 1 aliphatic rings. The highest BCUT2D eigenvalue weighted by Gasteiger charge is 2.38. The minimum Gasteiger partial charge on any atom is -0.206 e. The Balaban J connectivity index is 2.53. The summed E-state index contributed by atoms with van der Waals surface area (Å²) in [5, 5.41) is -0.158. The van der Waals surface area contributed by atoms with Crippen LogP contribution in [-0.2, 0) is 12.8 Å². The summed E-state index contributed by atoms with van der Waals surface area (Å²) in [6.07, 6.45) is -0.777. The molecule has 0 saturated heterocycles. The van der Waals surface area contributed by atoms with Crippen LogP contribution in [0.15, 0.2) is 12.1 Å². The highest BCUT2D eigenvalue weighted by atomic mass is 35.5. The molecule has 0 bridgehead atoms. The first-order valence-electron chi connectivity index (χ1n) is 3.83. The molecule has 0 amide bonds. The lowest BCUT2D eigenvalue weighted by Gasteiger charge is -2.04. The van der Waals surface area contributed by atoms with Gasteiger partial charge in [0.2, 0.25) is 0 Å². The minimum absolute atomic E-state index is 0.158. The van der Waals surface area contributed by atoms with E-state index in [4.69, 9.17) is 11.6 Å². The lowest BCUT2D eigenvalue weighted by atomic mass is 10.1. The summed E-state index contributed by atoms with van der Waals surface area (Å²) in [6.45, 7) is 0. The summed E-state index contributed by atoms with van der Waals surface area (Å²) in [7, 11) is 0. The van der Waals surface area contributed by atoms with Crippen molar-refractivity contribution in [1.82, 2.24) is 0 Å². The van der Waals surface area contributed by atoms with Crippen molar-refractivity contribution in [2.24, 2.45) is 0 Å². The van der Waals surface area contributed by atoms with Gasteiger partial charge in [0.15, 0.2) is 0 Å². The zero-order valence-corrected chi connectivity index (χ0v) is 7.34. The molecule has 0 aliphatic heterocycles. The molecule has 0 spiro atoms. The molecule has 1 aliphatic carbocycles. The van der Waals surface area contributed by atoms with Crippen molar-refractivity contribution in [2.45, 2.75) is 18.8 Å². The normalized spacial score (nSPS) is 18.8. The Morgan fingerprint density at radius 1 is 1.23 bits per heavy atom. The third-order valence-corrected chi connectivity index (χ3v) is 2.59. The van der Waals surface area contributed by atoms with Crippen LogP contribution < -0.4 is 0 Å². The zero-order valence-electron chi connectivity index (χ0n) is 6.58. The lowest BCUT2D eigenvalue weighted by Crippen LogP contribution is -2.14. The molecule has 0 atom stereocenters. The van der Waals surface area contributed by atoms with E-state index in [0.29, 0.717) is 5.56 Å². The van der Waals surface area contributed by atoms with Crippen molar-refractivity contribution in [3.05, 3.63) is 34.1 Å². The molecule has 0 saturated carbocycles. The molecule has 0 fully saturated rings. The van der Waals surface area contributed by atoms with Gasteiger partial charge in [-0.15, -0.1) is 0 Å². The van der Waals surface area contributed by atoms with Crippen LogP contribution in [0.5, 0.6) is 0 Å². The second-order valence-corrected chi connectivity index (χ2v) is 3.59. The highest BCUT2D eigenvalue weighted by Crippen LogP contribution is 2.38. The van der Waals surface area contributed by atoms with Gasteiger partial charge in [-0.05, 0) is 17.2 Å². The van der Waals surface area contributed by atoms with Crippen LogP contribution in [-0.4, -0.2) is 5.92 Å². The van der Waals surface area contributed by atoms with Crippen LogP contribution in [0.1, 0.15) is 11.1 Å². The maximum Gasteiger partial charge on any atom is 0.256 e. The summed E-state index contributed by atoms with van der Waals surface area (Å²) < 4.78 is 38.6. The third-order valence-electron chi connectivity index (χ3n) is 2.18. The van der Waals surface area contributed by atoms with Crippen LogP contribution in [0.2, 0.25) is 5.02 Å². The van der Waals surface area contributed by atoms with Crippen molar-refractivity contribution >= 4 is 11.6 Å². The number of fused-ring (bicyclic) bond motifs is 1. The predicted octanol–water partition coefficient (Wildman–Crippen LogP) is 3.21. The van der Waals surface area contributed by atoms with Gasteiger partial charge in [-0.25, -0.2) is 13.2 Å². The van der Waals surface area contributed by atoms with Crippen molar-refractivity contribution in [2.75, 3.05) is 0 Å². The number of benzene rings is 1. The Hall–Kier alpha value is -0.700. The van der Waals surface area contributed by atoms with Crippen molar-refractivity contribution in [3.63, 3.8) is 0 Å². The molecular weight excluding hydrogens is 201 g/mol. The molecule has 2 rings (SSSR count). The van der Waals surface area contributed by atoms with Gasteiger partial charge in [0.1, 0.15) is 5.82 Å². The summed E-state index contributed by atoms with van der Waals surface area (Å²) in [6, 6.07) is 2.50. The average Bonchev–Trinajstić information content (AvgIpc) is 2.34. The molecule has 4 heteroatoms. The van der Waals surface area contributed by atoms with Crippen LogP contribution in [0.3, 0.4) is 0 Å². The fourth-order valence-electron chi connectivity index (χ4n) is 1.59. The topological polar surface area (TPSA) is 0 Å². The van der Waals surface area contributed by atoms with Gasteiger partial charge in [-0.2, -0.15) is 0 Å². The van der Waals surface area contributed by atoms with E-state index < -0.39 is 18.2 Å². The van der Waals surface area contributed by atoms with Gasteiger partial charge in [0, 0.05) is 12.8 Å². The van der Waals surface area contributed by atoms with E-state index >= 15 is 0 Å². The highest BCUT2D eigenvalue weighted by molar-refractivity contribution is 6.31. The largest absolute Gasteiger partial charge is 0.256 e. The zero-order chi connectivity index (χ0) is 9.64. The van der Waals surface area contributed by atoms with Crippen molar-refractivity contribution in [1.29, 1.82) is 0 Å². The minimum atomic E-state index is -2.76. The van der Waals surface area contributed by atoms with Gasteiger partial charge < -0.3 is 0 Å². The first-order valence-corrected chi connectivity index (χ1v) is 4.21. The molecule has 0 unspecified atom stereocenters. The van der Waals surface area contributed by atoms with Crippen LogP contribution in [0.25, 0.3) is 0 Å². The molecule has 0 heterocycles. The summed E-state index contributed by atoms with van der Waals surface area (Å²) in [4.78, 5) is 0. The van der Waals surface area contributed by atoms with E-state index in [-0.39, 0.29) is 17.0 Å². The van der Waals surface area contributed by atoms with E-state index in [2.05, 4.69) is 0 Å². The molecule has 0 aromatic heterocycles. The number of halogens is 4. The standard InChI is InChI=1S/C9H6ClF3/c10-8-6-4-9(12,13)3-5(6)1-2-7(8)11/h1-2H,3-4H2. The van der Waals surface area contributed by atoms with Crippen molar-refractivity contribution in [3.8, 4) is 0 Å². The van der Waals surface area contributed by atoms with Gasteiger partial charge in [0.25, 0.3) is 5.92 Å². The molecular formula is C9H6ClF3. The van der Waals surface area contributed by atoms with Crippen molar-refractivity contribution < 1.29 is 13.2 Å². The molecule has 0 N–H and O–H groups in total. The second-order valence-electron chi connectivity index (χ2n) is 3.21. The quantitative estimate of drug-likeness (QED) is 0.612. The predicted molar refractivity (Wildman–Crippen MR) is 43.8 cm³/mol. The smallest absolute Gasteiger partial charge is 0.206 e. The van der Waals surface area contributed by atoms with Gasteiger partial charge in [-0.1, -0.05) is 17.7 Å². The maximum absolute atomic E-state index is 12.9. The van der Waals surface area contributed by atoms with Gasteiger partial charge in [-0.3, -0.25) is 0 Å². The maximum atomic E-state index is 12.9. The lowest BCUT2D eigenvalue weighted by molar-refractivity contribution is 0.0130. The van der Waals surface area contributed by atoms with Crippen LogP contribution in [0, 0.1) is 5.82 Å². The molecule has 1 aromatic rings. The van der Waals surface area contributed by atoms with Gasteiger partial charge >= 0.3 is 0 Å². The van der Waals surface area contributed by atoms with E-state index in [9.17, 15) is 13.2 Å². The second kappa shape index (κ2) is 2.64. The molecule has 1 aromatic carbocycles. The van der Waals surface area contributed by atoms with Crippen LogP contribution >= 0.6 is 11.6 Å². The monoisotopic (exact) mass is 206 g/mol. The van der Waals surface area contributed by atoms with E-state index in [1.807, 2.05) is 0 Å². The average molecular weight is 207 g/mol. The SMILES string of the molecule is Fc1ccc2c(c1Cl)CC(F)(F)C2. The third kappa shape index (κ3) is 1.41. The number of rotatable bonds is 0. The molecule has 0 radical (unpaired) electrons. The Kier molecular flexibility index (Phi) is 1.80. The Morgan fingerprint density at radius 2 is 1.92 bits per heavy atom. The Labute approximate surface area is 78.3 Å². The van der Waals surface area contributed by atoms with Crippen LogP contribution in [0.4, 0.5) is 13.2 Å². The number of hydrogen-bond acceptors (Lipinski definition) is 0. The Morgan fingerprint density at radius 3 is 2.62 bits per heavy atom. The number of alkyl halides is 2. The van der Waals surface area contributed by atoms with E-state index in [0.717, 1.165) is 6.07 Å². The van der Waals surface area contributed by atoms with Gasteiger partial charge in [0.05, 0.1) is 5.02 Å². The number of hydrogen-bond donors (Lipinski definition) is 0. The summed E-state index contributed by atoms with van der Waals surface area (Å²) in [5.74, 6) is -3.39. The summed E-state index contributed by atoms with van der Waals surface area (Å²) in [5.41, 5.74) is 0.711. The molecule has 0 nitrogen and oxygen atoms in total. The molecule has 70 valence electrons. The first kappa shape index (κ1) is 8.88. The fourth-order valence-corrected chi connectivity index (χ4v) is 1.84. The van der Waals surface area contributed by atoms with E-state index in [1.165, 1.54) is 6.07 Å². The molecule has 13 heavy (non-hydrogen) atoms. The Bertz CT molecular complexity index is 360. The summed E-state index contributed by atoms with van der Waals surface area (Å²) >= 11 is 5.56. The van der Waals surface area contributed by atoms with E-state index in [1.54, 1.807) is 0 Å². The first-order chi connectivity index (χ1) is 5.99.